The van der Waals surface area contributed by atoms with E-state index in [0.717, 1.165) is 0 Å². The molecular formula is C13H16N2O5. The summed E-state index contributed by atoms with van der Waals surface area (Å²) in [5.41, 5.74) is 0.0710. The van der Waals surface area contributed by atoms with Crippen molar-refractivity contribution in [3.8, 4) is 5.75 Å². The van der Waals surface area contributed by atoms with Gasteiger partial charge in [0.2, 0.25) is 0 Å². The van der Waals surface area contributed by atoms with Gasteiger partial charge in [-0.1, -0.05) is 0 Å². The standard InChI is InChI=1S/C13H16N2O5/c1-8-7-20-5-4-15(8)13(19)14-9-2-3-11(16)10(6-9)12(17)18/h2-3,6,8,16H,4-5,7H2,1H3,(H,14,19)(H,17,18). The number of amides is 2. The van der Waals surface area contributed by atoms with Crippen molar-refractivity contribution >= 4 is 17.7 Å². The van der Waals surface area contributed by atoms with Gasteiger partial charge in [-0.25, -0.2) is 9.59 Å². The molecule has 1 fully saturated rings. The van der Waals surface area contributed by atoms with Crippen LogP contribution in [0.2, 0.25) is 0 Å². The van der Waals surface area contributed by atoms with Crippen LogP contribution in [0.1, 0.15) is 17.3 Å². The number of anilines is 1. The highest BCUT2D eigenvalue weighted by molar-refractivity contribution is 5.95. The smallest absolute Gasteiger partial charge is 0.339 e. The van der Waals surface area contributed by atoms with Crippen LogP contribution in [-0.4, -0.2) is 52.9 Å². The molecule has 7 nitrogen and oxygen atoms in total. The molecule has 0 bridgehead atoms. The van der Waals surface area contributed by atoms with E-state index in [9.17, 15) is 14.7 Å². The van der Waals surface area contributed by atoms with Crippen molar-refractivity contribution < 1.29 is 24.5 Å². The van der Waals surface area contributed by atoms with Crippen LogP contribution >= 0.6 is 0 Å². The van der Waals surface area contributed by atoms with Crippen LogP contribution in [0.25, 0.3) is 0 Å². The molecule has 1 saturated heterocycles. The van der Waals surface area contributed by atoms with E-state index in [-0.39, 0.29) is 23.4 Å². The van der Waals surface area contributed by atoms with E-state index < -0.39 is 5.97 Å². The molecule has 0 saturated carbocycles. The van der Waals surface area contributed by atoms with E-state index in [2.05, 4.69) is 5.32 Å². The topological polar surface area (TPSA) is 99.1 Å². The van der Waals surface area contributed by atoms with E-state index >= 15 is 0 Å². The zero-order valence-corrected chi connectivity index (χ0v) is 11.0. The molecule has 2 rings (SSSR count). The summed E-state index contributed by atoms with van der Waals surface area (Å²) in [6, 6.07) is 3.55. The fourth-order valence-corrected chi connectivity index (χ4v) is 2.01. The third kappa shape index (κ3) is 3.00. The summed E-state index contributed by atoms with van der Waals surface area (Å²) >= 11 is 0. The molecule has 1 unspecified atom stereocenters. The summed E-state index contributed by atoms with van der Waals surface area (Å²) < 4.78 is 5.25. The van der Waals surface area contributed by atoms with Crippen LogP contribution in [0.3, 0.4) is 0 Å². The van der Waals surface area contributed by atoms with Crippen molar-refractivity contribution in [3.63, 3.8) is 0 Å². The lowest BCUT2D eigenvalue weighted by Gasteiger charge is -2.33. The lowest BCUT2D eigenvalue weighted by atomic mass is 10.2. The quantitative estimate of drug-likeness (QED) is 0.710. The molecule has 1 atom stereocenters. The Balaban J connectivity index is 2.11. The zero-order chi connectivity index (χ0) is 14.7. The summed E-state index contributed by atoms with van der Waals surface area (Å²) in [7, 11) is 0. The number of nitrogens with one attached hydrogen (secondary N) is 1. The number of carbonyl (C=O) groups excluding carboxylic acids is 1. The number of phenols is 1. The third-order valence-electron chi connectivity index (χ3n) is 3.11. The van der Waals surface area contributed by atoms with E-state index in [1.165, 1.54) is 18.2 Å². The number of benzene rings is 1. The highest BCUT2D eigenvalue weighted by Gasteiger charge is 2.24. The Bertz CT molecular complexity index is 531. The Kier molecular flexibility index (Phi) is 4.09. The first-order valence-corrected chi connectivity index (χ1v) is 6.20. The monoisotopic (exact) mass is 280 g/mol. The molecule has 2 amide bonds. The second-order valence-electron chi connectivity index (χ2n) is 4.58. The van der Waals surface area contributed by atoms with E-state index in [4.69, 9.17) is 9.84 Å². The van der Waals surface area contributed by atoms with Gasteiger partial charge in [0.1, 0.15) is 11.3 Å². The lowest BCUT2D eigenvalue weighted by Crippen LogP contribution is -2.48. The number of aromatic carboxylic acids is 1. The number of urea groups is 1. The van der Waals surface area contributed by atoms with Crippen molar-refractivity contribution in [2.45, 2.75) is 13.0 Å². The second-order valence-corrected chi connectivity index (χ2v) is 4.58. The maximum atomic E-state index is 12.1. The molecule has 0 aromatic heterocycles. The maximum absolute atomic E-state index is 12.1. The molecule has 1 aliphatic rings. The molecule has 3 N–H and O–H groups in total. The van der Waals surface area contributed by atoms with Crippen molar-refractivity contribution in [1.82, 2.24) is 4.90 Å². The van der Waals surface area contributed by atoms with Crippen LogP contribution in [0.5, 0.6) is 5.75 Å². The normalized spacial score (nSPS) is 18.6. The summed E-state index contributed by atoms with van der Waals surface area (Å²) in [5.74, 6) is -1.59. The molecular weight excluding hydrogens is 264 g/mol. The average molecular weight is 280 g/mol. The summed E-state index contributed by atoms with van der Waals surface area (Å²) in [5, 5.41) is 20.9. The number of hydrogen-bond acceptors (Lipinski definition) is 4. The van der Waals surface area contributed by atoms with Gasteiger partial charge >= 0.3 is 12.0 Å². The largest absolute Gasteiger partial charge is 0.507 e. The Morgan fingerprint density at radius 1 is 1.45 bits per heavy atom. The number of nitrogens with zero attached hydrogens (tertiary/aromatic N) is 1. The van der Waals surface area contributed by atoms with E-state index in [1.807, 2.05) is 6.92 Å². The van der Waals surface area contributed by atoms with Gasteiger partial charge in [0, 0.05) is 12.2 Å². The number of morpholine rings is 1. The minimum Gasteiger partial charge on any atom is -0.507 e. The summed E-state index contributed by atoms with van der Waals surface area (Å²) in [4.78, 5) is 24.6. The molecule has 1 aromatic carbocycles. The fraction of sp³-hybridized carbons (Fsp3) is 0.385. The molecule has 0 aliphatic carbocycles. The van der Waals surface area contributed by atoms with Gasteiger partial charge in [0.05, 0.1) is 19.3 Å². The molecule has 1 heterocycles. The van der Waals surface area contributed by atoms with Gasteiger partial charge in [-0.05, 0) is 25.1 Å². The van der Waals surface area contributed by atoms with Crippen molar-refractivity contribution in [1.29, 1.82) is 0 Å². The van der Waals surface area contributed by atoms with Crippen LogP contribution < -0.4 is 5.32 Å². The molecule has 108 valence electrons. The Morgan fingerprint density at radius 2 is 2.20 bits per heavy atom. The molecule has 20 heavy (non-hydrogen) atoms. The van der Waals surface area contributed by atoms with Crippen molar-refractivity contribution in [2.75, 3.05) is 25.1 Å². The number of aromatic hydroxyl groups is 1. The highest BCUT2D eigenvalue weighted by atomic mass is 16.5. The number of hydrogen-bond donors (Lipinski definition) is 3. The van der Waals surface area contributed by atoms with Crippen LogP contribution in [0.4, 0.5) is 10.5 Å². The van der Waals surface area contributed by atoms with Gasteiger partial charge in [0.15, 0.2) is 0 Å². The molecule has 0 spiro atoms. The minimum absolute atomic E-state index is 0.0418. The minimum atomic E-state index is -1.25. The van der Waals surface area contributed by atoms with Crippen molar-refractivity contribution in [3.05, 3.63) is 23.8 Å². The Labute approximate surface area is 115 Å². The molecule has 7 heteroatoms. The number of rotatable bonds is 2. The Morgan fingerprint density at radius 3 is 2.85 bits per heavy atom. The number of ether oxygens (including phenoxy) is 1. The lowest BCUT2D eigenvalue weighted by molar-refractivity contribution is 0.0221. The zero-order valence-electron chi connectivity index (χ0n) is 11.0. The van der Waals surface area contributed by atoms with Crippen LogP contribution in [0.15, 0.2) is 18.2 Å². The number of carbonyl (C=O) groups is 2. The molecule has 0 radical (unpaired) electrons. The van der Waals surface area contributed by atoms with E-state index in [1.54, 1.807) is 4.90 Å². The SMILES string of the molecule is CC1COCCN1C(=O)Nc1ccc(O)c(C(=O)O)c1. The highest BCUT2D eigenvalue weighted by Crippen LogP contribution is 2.22. The van der Waals surface area contributed by atoms with Gasteiger partial charge in [-0.15, -0.1) is 0 Å². The van der Waals surface area contributed by atoms with Crippen LogP contribution in [0, 0.1) is 0 Å². The summed E-state index contributed by atoms with van der Waals surface area (Å²) in [6.07, 6.45) is 0. The first-order chi connectivity index (χ1) is 9.49. The third-order valence-corrected chi connectivity index (χ3v) is 3.11. The first kappa shape index (κ1) is 14.1. The summed E-state index contributed by atoms with van der Waals surface area (Å²) in [6.45, 7) is 3.31. The molecule has 1 aliphatic heterocycles. The fourth-order valence-electron chi connectivity index (χ4n) is 2.01. The van der Waals surface area contributed by atoms with Gasteiger partial charge in [0.25, 0.3) is 0 Å². The predicted molar refractivity (Wildman–Crippen MR) is 71.1 cm³/mol. The van der Waals surface area contributed by atoms with E-state index in [0.29, 0.717) is 25.4 Å². The van der Waals surface area contributed by atoms with Crippen LogP contribution in [-0.2, 0) is 4.74 Å². The second kappa shape index (κ2) is 5.79. The predicted octanol–water partition coefficient (Wildman–Crippen LogP) is 1.34. The van der Waals surface area contributed by atoms with Gasteiger partial charge in [-0.2, -0.15) is 0 Å². The number of carboxylic acid groups (broad SMARTS) is 1. The maximum Gasteiger partial charge on any atom is 0.339 e. The Hall–Kier alpha value is -2.28. The molecule has 1 aromatic rings. The number of carboxylic acids is 1. The van der Waals surface area contributed by atoms with Gasteiger partial charge in [-0.3, -0.25) is 0 Å². The van der Waals surface area contributed by atoms with Gasteiger partial charge < -0.3 is 25.2 Å². The van der Waals surface area contributed by atoms with Crippen molar-refractivity contribution in [2.24, 2.45) is 0 Å². The average Bonchev–Trinajstić information content (AvgIpc) is 2.41. The first-order valence-electron chi connectivity index (χ1n) is 6.20.